The van der Waals surface area contributed by atoms with Gasteiger partial charge in [0.05, 0.1) is 0 Å². The van der Waals surface area contributed by atoms with Gasteiger partial charge in [0.25, 0.3) is 0 Å². The topological polar surface area (TPSA) is 75.4 Å². The summed E-state index contributed by atoms with van der Waals surface area (Å²) in [6.07, 6.45) is 2.86. The number of benzene rings is 1. The van der Waals surface area contributed by atoms with Gasteiger partial charge in [-0.2, -0.15) is 0 Å². The highest BCUT2D eigenvalue weighted by atomic mass is 16.2. The number of nitrogens with one attached hydrogen (secondary N) is 1. The molecular weight excluding hydrogens is 266 g/mol. The van der Waals surface area contributed by atoms with Gasteiger partial charge in [-0.3, -0.25) is 9.59 Å². The van der Waals surface area contributed by atoms with Crippen LogP contribution >= 0.6 is 0 Å². The quantitative estimate of drug-likeness (QED) is 0.787. The summed E-state index contributed by atoms with van der Waals surface area (Å²) in [7, 11) is 0. The molecule has 1 aromatic rings. The molecule has 5 heteroatoms. The molecule has 0 bridgehead atoms. The van der Waals surface area contributed by atoms with Crippen molar-refractivity contribution < 1.29 is 9.59 Å². The maximum Gasteiger partial charge on any atom is 0.224 e. The fourth-order valence-electron chi connectivity index (χ4n) is 2.61. The van der Waals surface area contributed by atoms with Crippen LogP contribution in [-0.2, 0) is 16.1 Å². The number of nitrogens with two attached hydrogens (primary N) is 1. The number of carbonyl (C=O) groups is 2. The molecule has 0 aromatic heterocycles. The SMILES string of the molecule is NC(=O)CCN(Cc1ccccc1)C(=O)CC1CCCN1. The Morgan fingerprint density at radius 2 is 2.05 bits per heavy atom. The molecule has 0 saturated carbocycles. The van der Waals surface area contributed by atoms with Gasteiger partial charge in [-0.05, 0) is 24.9 Å². The normalized spacial score (nSPS) is 17.6. The van der Waals surface area contributed by atoms with E-state index in [1.54, 1.807) is 4.90 Å². The van der Waals surface area contributed by atoms with Crippen LogP contribution in [-0.4, -0.2) is 35.8 Å². The molecule has 1 unspecified atom stereocenters. The zero-order valence-corrected chi connectivity index (χ0v) is 12.3. The second kappa shape index (κ2) is 7.78. The molecule has 2 rings (SSSR count). The Morgan fingerprint density at radius 3 is 2.67 bits per heavy atom. The summed E-state index contributed by atoms with van der Waals surface area (Å²) in [6, 6.07) is 10.1. The number of amides is 2. The predicted octanol–water partition coefficient (Wildman–Crippen LogP) is 1.03. The van der Waals surface area contributed by atoms with E-state index in [0.717, 1.165) is 24.9 Å². The van der Waals surface area contributed by atoms with Crippen molar-refractivity contribution in [3.63, 3.8) is 0 Å². The van der Waals surface area contributed by atoms with Crippen LogP contribution in [0, 0.1) is 0 Å². The standard InChI is InChI=1S/C16H23N3O2/c17-15(20)8-10-19(12-13-5-2-1-3-6-13)16(21)11-14-7-4-9-18-14/h1-3,5-6,14,18H,4,7-12H2,(H2,17,20). The molecule has 3 N–H and O–H groups in total. The lowest BCUT2D eigenvalue weighted by Crippen LogP contribution is -2.37. The predicted molar refractivity (Wildman–Crippen MR) is 81.3 cm³/mol. The summed E-state index contributed by atoms with van der Waals surface area (Å²) in [5.41, 5.74) is 6.27. The van der Waals surface area contributed by atoms with Crippen LogP contribution in [0.2, 0.25) is 0 Å². The molecule has 0 spiro atoms. The molecule has 1 aromatic carbocycles. The highest BCUT2D eigenvalue weighted by Gasteiger charge is 2.22. The number of hydrogen-bond acceptors (Lipinski definition) is 3. The van der Waals surface area contributed by atoms with Gasteiger partial charge in [0.2, 0.25) is 11.8 Å². The molecule has 1 aliphatic heterocycles. The van der Waals surface area contributed by atoms with Crippen LogP contribution in [0.25, 0.3) is 0 Å². The highest BCUT2D eigenvalue weighted by molar-refractivity contribution is 5.78. The maximum absolute atomic E-state index is 12.4. The molecule has 1 fully saturated rings. The Labute approximate surface area is 125 Å². The molecule has 21 heavy (non-hydrogen) atoms. The minimum Gasteiger partial charge on any atom is -0.370 e. The number of nitrogens with zero attached hydrogens (tertiary/aromatic N) is 1. The summed E-state index contributed by atoms with van der Waals surface area (Å²) in [5, 5.41) is 3.33. The van der Waals surface area contributed by atoms with Gasteiger partial charge in [-0.15, -0.1) is 0 Å². The summed E-state index contributed by atoms with van der Waals surface area (Å²) in [5.74, 6) is -0.292. The first-order chi connectivity index (χ1) is 10.1. The average molecular weight is 289 g/mol. The second-order valence-corrected chi connectivity index (χ2v) is 5.51. The number of carbonyl (C=O) groups excluding carboxylic acids is 2. The molecule has 1 aliphatic rings. The van der Waals surface area contributed by atoms with Gasteiger partial charge in [0.15, 0.2) is 0 Å². The summed E-state index contributed by atoms with van der Waals surface area (Å²) < 4.78 is 0. The molecule has 0 aliphatic carbocycles. The third kappa shape index (κ3) is 5.19. The van der Waals surface area contributed by atoms with Crippen LogP contribution in [0.15, 0.2) is 30.3 Å². The lowest BCUT2D eigenvalue weighted by atomic mass is 10.1. The smallest absolute Gasteiger partial charge is 0.224 e. The van der Waals surface area contributed by atoms with Gasteiger partial charge in [-0.25, -0.2) is 0 Å². The van der Waals surface area contributed by atoms with Crippen LogP contribution in [0.5, 0.6) is 0 Å². The van der Waals surface area contributed by atoms with E-state index < -0.39 is 0 Å². The summed E-state index contributed by atoms with van der Waals surface area (Å²) in [6.45, 7) is 1.90. The van der Waals surface area contributed by atoms with Gasteiger partial charge in [-0.1, -0.05) is 30.3 Å². The largest absolute Gasteiger partial charge is 0.370 e. The molecule has 1 heterocycles. The first kappa shape index (κ1) is 15.5. The molecule has 114 valence electrons. The van der Waals surface area contributed by atoms with E-state index in [2.05, 4.69) is 5.32 Å². The number of rotatable bonds is 7. The molecule has 5 nitrogen and oxygen atoms in total. The van der Waals surface area contributed by atoms with Crippen molar-refractivity contribution in [3.8, 4) is 0 Å². The fraction of sp³-hybridized carbons (Fsp3) is 0.500. The third-order valence-electron chi connectivity index (χ3n) is 3.78. The Hall–Kier alpha value is -1.88. The Bertz CT molecular complexity index is 470. The molecule has 0 radical (unpaired) electrons. The van der Waals surface area contributed by atoms with Crippen molar-refractivity contribution in [2.24, 2.45) is 5.73 Å². The zero-order valence-electron chi connectivity index (χ0n) is 12.3. The van der Waals surface area contributed by atoms with E-state index in [-0.39, 0.29) is 24.3 Å². The third-order valence-corrected chi connectivity index (χ3v) is 3.78. The zero-order chi connectivity index (χ0) is 15.1. The van der Waals surface area contributed by atoms with E-state index in [9.17, 15) is 9.59 Å². The van der Waals surface area contributed by atoms with Gasteiger partial charge in [0.1, 0.15) is 0 Å². The second-order valence-electron chi connectivity index (χ2n) is 5.51. The van der Waals surface area contributed by atoms with Crippen LogP contribution in [0.1, 0.15) is 31.2 Å². The van der Waals surface area contributed by atoms with Gasteiger partial charge >= 0.3 is 0 Å². The van der Waals surface area contributed by atoms with Gasteiger partial charge < -0.3 is 16.0 Å². The molecule has 2 amide bonds. The Morgan fingerprint density at radius 1 is 1.29 bits per heavy atom. The van der Waals surface area contributed by atoms with Crippen molar-refractivity contribution >= 4 is 11.8 Å². The first-order valence-electron chi connectivity index (χ1n) is 7.48. The fourth-order valence-corrected chi connectivity index (χ4v) is 2.61. The molecule has 1 atom stereocenters. The van der Waals surface area contributed by atoms with Crippen LogP contribution in [0.4, 0.5) is 0 Å². The van der Waals surface area contributed by atoms with Crippen molar-refractivity contribution in [2.45, 2.75) is 38.3 Å². The van der Waals surface area contributed by atoms with Crippen molar-refractivity contribution in [2.75, 3.05) is 13.1 Å². The van der Waals surface area contributed by atoms with Crippen LogP contribution < -0.4 is 11.1 Å². The van der Waals surface area contributed by atoms with E-state index >= 15 is 0 Å². The highest BCUT2D eigenvalue weighted by Crippen LogP contribution is 2.13. The van der Waals surface area contributed by atoms with Crippen LogP contribution in [0.3, 0.4) is 0 Å². The Kier molecular flexibility index (Phi) is 5.75. The minimum atomic E-state index is -0.375. The monoisotopic (exact) mass is 289 g/mol. The van der Waals surface area contributed by atoms with Gasteiger partial charge in [0, 0.05) is 32.0 Å². The average Bonchev–Trinajstić information content (AvgIpc) is 2.97. The van der Waals surface area contributed by atoms with E-state index in [1.807, 2.05) is 30.3 Å². The van der Waals surface area contributed by atoms with Crippen molar-refractivity contribution in [3.05, 3.63) is 35.9 Å². The van der Waals surface area contributed by atoms with E-state index in [0.29, 0.717) is 19.5 Å². The molecular formula is C16H23N3O2. The number of hydrogen-bond donors (Lipinski definition) is 2. The Balaban J connectivity index is 1.96. The first-order valence-corrected chi connectivity index (χ1v) is 7.48. The lowest BCUT2D eigenvalue weighted by Gasteiger charge is -2.24. The van der Waals surface area contributed by atoms with E-state index in [1.165, 1.54) is 0 Å². The van der Waals surface area contributed by atoms with Crippen molar-refractivity contribution in [1.29, 1.82) is 0 Å². The minimum absolute atomic E-state index is 0.0829. The summed E-state index contributed by atoms with van der Waals surface area (Å²) >= 11 is 0. The maximum atomic E-state index is 12.4. The lowest BCUT2D eigenvalue weighted by molar-refractivity contribution is -0.132. The summed E-state index contributed by atoms with van der Waals surface area (Å²) in [4.78, 5) is 25.2. The van der Waals surface area contributed by atoms with Crippen molar-refractivity contribution in [1.82, 2.24) is 10.2 Å². The number of primary amides is 1. The molecule has 1 saturated heterocycles. The van der Waals surface area contributed by atoms with E-state index in [4.69, 9.17) is 5.73 Å².